The first kappa shape index (κ1) is 25.4. The maximum atomic E-state index is 2.65. The second-order valence-corrected chi connectivity index (χ2v) is 8.99. The Bertz CT molecular complexity index is 352. The minimum Gasteiger partial charge on any atom is -0.356 e. The van der Waals surface area contributed by atoms with Crippen LogP contribution in [0.5, 0.6) is 0 Å². The van der Waals surface area contributed by atoms with E-state index in [0.717, 1.165) is 0 Å². The van der Waals surface area contributed by atoms with Gasteiger partial charge < -0.3 is 9.80 Å². The van der Waals surface area contributed by atoms with Crippen LogP contribution in [0.15, 0.2) is 12.4 Å². The molecule has 0 saturated heterocycles. The standard InChI is InChI=1S/C26H52N2/c1-4-7-9-11-13-15-17-19-21-26-27(22-6-3)24-25-28(26)23-20-18-16-14-12-10-8-5-2/h24-26H,4-23H2,1-3H3. The molecule has 0 spiro atoms. The van der Waals surface area contributed by atoms with Crippen molar-refractivity contribution >= 4 is 0 Å². The van der Waals surface area contributed by atoms with E-state index in [4.69, 9.17) is 0 Å². The van der Waals surface area contributed by atoms with Crippen molar-refractivity contribution in [3.63, 3.8) is 0 Å². The maximum absolute atomic E-state index is 2.65. The molecule has 2 heteroatoms. The van der Waals surface area contributed by atoms with Gasteiger partial charge in [0.1, 0.15) is 6.17 Å². The molecule has 0 N–H and O–H groups in total. The molecule has 0 aromatic rings. The first-order valence-corrected chi connectivity index (χ1v) is 13.0. The fraction of sp³-hybridized carbons (Fsp3) is 0.923. The number of nitrogens with zero attached hydrogens (tertiary/aromatic N) is 2. The second kappa shape index (κ2) is 18.4. The van der Waals surface area contributed by atoms with Crippen molar-refractivity contribution in [1.82, 2.24) is 9.80 Å². The van der Waals surface area contributed by atoms with Crippen LogP contribution < -0.4 is 0 Å². The normalized spacial score (nSPS) is 16.5. The summed E-state index contributed by atoms with van der Waals surface area (Å²) >= 11 is 0. The van der Waals surface area contributed by atoms with Gasteiger partial charge in [-0.25, -0.2) is 0 Å². The van der Waals surface area contributed by atoms with Gasteiger partial charge in [0, 0.05) is 25.5 Å². The fourth-order valence-electron chi connectivity index (χ4n) is 4.49. The predicted molar refractivity (Wildman–Crippen MR) is 126 cm³/mol. The van der Waals surface area contributed by atoms with Crippen molar-refractivity contribution in [3.8, 4) is 0 Å². The van der Waals surface area contributed by atoms with Crippen molar-refractivity contribution in [2.24, 2.45) is 0 Å². The molecule has 1 atom stereocenters. The van der Waals surface area contributed by atoms with E-state index in [1.54, 1.807) is 0 Å². The molecule has 0 radical (unpaired) electrons. The van der Waals surface area contributed by atoms with Gasteiger partial charge in [0.2, 0.25) is 0 Å². The second-order valence-electron chi connectivity index (χ2n) is 8.99. The van der Waals surface area contributed by atoms with Crippen molar-refractivity contribution in [3.05, 3.63) is 12.4 Å². The van der Waals surface area contributed by atoms with E-state index in [-0.39, 0.29) is 0 Å². The smallest absolute Gasteiger partial charge is 0.101 e. The number of unbranched alkanes of at least 4 members (excludes halogenated alkanes) is 14. The van der Waals surface area contributed by atoms with Crippen molar-refractivity contribution in [2.45, 2.75) is 143 Å². The maximum Gasteiger partial charge on any atom is 0.101 e. The third-order valence-electron chi connectivity index (χ3n) is 6.28. The molecule has 1 heterocycles. The van der Waals surface area contributed by atoms with Gasteiger partial charge in [0.05, 0.1) is 0 Å². The molecule has 0 saturated carbocycles. The number of hydrogen-bond acceptors (Lipinski definition) is 2. The Morgan fingerprint density at radius 3 is 1.39 bits per heavy atom. The third kappa shape index (κ3) is 12.0. The molecule has 2 nitrogen and oxygen atoms in total. The summed E-state index contributed by atoms with van der Waals surface area (Å²) in [5.41, 5.74) is 0. The zero-order chi connectivity index (χ0) is 20.3. The first-order valence-electron chi connectivity index (χ1n) is 13.0. The van der Waals surface area contributed by atoms with E-state index in [0.29, 0.717) is 6.17 Å². The minimum absolute atomic E-state index is 0.643. The van der Waals surface area contributed by atoms with Crippen LogP contribution in [0.1, 0.15) is 136 Å². The Morgan fingerprint density at radius 2 is 0.893 bits per heavy atom. The average Bonchev–Trinajstić information content (AvgIpc) is 3.08. The largest absolute Gasteiger partial charge is 0.356 e. The molecule has 0 aliphatic carbocycles. The van der Waals surface area contributed by atoms with Gasteiger partial charge in [-0.2, -0.15) is 0 Å². The SMILES string of the molecule is CCCCCCCCCCC1N(CCC)C=CN1CCCCCCCCCC. The Labute approximate surface area is 178 Å². The summed E-state index contributed by atoms with van der Waals surface area (Å²) in [6.07, 6.45) is 30.7. The molecule has 166 valence electrons. The van der Waals surface area contributed by atoms with Crippen molar-refractivity contribution in [2.75, 3.05) is 13.1 Å². The van der Waals surface area contributed by atoms with Crippen LogP contribution in [0.2, 0.25) is 0 Å². The molecular formula is C26H52N2. The van der Waals surface area contributed by atoms with Crippen LogP contribution in [0.4, 0.5) is 0 Å². The van der Waals surface area contributed by atoms with Gasteiger partial charge in [-0.05, 0) is 25.7 Å². The lowest BCUT2D eigenvalue weighted by molar-refractivity contribution is 0.137. The Hall–Kier alpha value is -0.660. The molecular weight excluding hydrogens is 340 g/mol. The van der Waals surface area contributed by atoms with Gasteiger partial charge in [0.25, 0.3) is 0 Å². The van der Waals surface area contributed by atoms with E-state index in [1.165, 1.54) is 129 Å². The molecule has 0 aromatic heterocycles. The number of rotatable bonds is 20. The lowest BCUT2D eigenvalue weighted by atomic mass is 10.1. The van der Waals surface area contributed by atoms with Gasteiger partial charge in [-0.3, -0.25) is 0 Å². The Kier molecular flexibility index (Phi) is 16.7. The van der Waals surface area contributed by atoms with Gasteiger partial charge >= 0.3 is 0 Å². The van der Waals surface area contributed by atoms with E-state index >= 15 is 0 Å². The van der Waals surface area contributed by atoms with E-state index in [9.17, 15) is 0 Å². The lowest BCUT2D eigenvalue weighted by Crippen LogP contribution is -2.39. The molecule has 0 amide bonds. The predicted octanol–water partition coefficient (Wildman–Crippen LogP) is 8.48. The topological polar surface area (TPSA) is 6.48 Å². The monoisotopic (exact) mass is 392 g/mol. The van der Waals surface area contributed by atoms with Gasteiger partial charge in [-0.15, -0.1) is 0 Å². The molecule has 0 bridgehead atoms. The zero-order valence-electron chi connectivity index (χ0n) is 19.8. The average molecular weight is 393 g/mol. The lowest BCUT2D eigenvalue weighted by Gasteiger charge is -2.33. The highest BCUT2D eigenvalue weighted by Crippen LogP contribution is 2.23. The summed E-state index contributed by atoms with van der Waals surface area (Å²) in [5, 5.41) is 0. The van der Waals surface area contributed by atoms with Crippen LogP contribution in [0.3, 0.4) is 0 Å². The molecule has 1 unspecified atom stereocenters. The zero-order valence-corrected chi connectivity index (χ0v) is 19.8. The first-order chi connectivity index (χ1) is 13.8. The highest BCUT2D eigenvalue weighted by atomic mass is 15.4. The summed E-state index contributed by atoms with van der Waals surface area (Å²) in [4.78, 5) is 5.25. The molecule has 0 fully saturated rings. The van der Waals surface area contributed by atoms with Crippen LogP contribution >= 0.6 is 0 Å². The summed E-state index contributed by atoms with van der Waals surface area (Å²) in [6, 6.07) is 0. The highest BCUT2D eigenvalue weighted by Gasteiger charge is 2.24. The van der Waals surface area contributed by atoms with Crippen LogP contribution in [0, 0.1) is 0 Å². The van der Waals surface area contributed by atoms with Crippen LogP contribution in [0.25, 0.3) is 0 Å². The summed E-state index contributed by atoms with van der Waals surface area (Å²) in [6.45, 7) is 9.38. The molecule has 28 heavy (non-hydrogen) atoms. The number of hydrogen-bond donors (Lipinski definition) is 0. The minimum atomic E-state index is 0.643. The third-order valence-corrected chi connectivity index (χ3v) is 6.28. The summed E-state index contributed by atoms with van der Waals surface area (Å²) in [7, 11) is 0. The van der Waals surface area contributed by atoms with Gasteiger partial charge in [0.15, 0.2) is 0 Å². The van der Waals surface area contributed by atoms with Crippen molar-refractivity contribution < 1.29 is 0 Å². The Morgan fingerprint density at radius 1 is 0.464 bits per heavy atom. The van der Waals surface area contributed by atoms with E-state index in [1.807, 2.05) is 0 Å². The van der Waals surface area contributed by atoms with Crippen LogP contribution in [-0.4, -0.2) is 29.1 Å². The fourth-order valence-corrected chi connectivity index (χ4v) is 4.49. The molecule has 0 aromatic carbocycles. The van der Waals surface area contributed by atoms with Crippen molar-refractivity contribution in [1.29, 1.82) is 0 Å². The molecule has 1 rings (SSSR count). The summed E-state index contributed by atoms with van der Waals surface area (Å²) < 4.78 is 0. The van der Waals surface area contributed by atoms with Crippen LogP contribution in [-0.2, 0) is 0 Å². The van der Waals surface area contributed by atoms with Gasteiger partial charge in [-0.1, -0.05) is 111 Å². The highest BCUT2D eigenvalue weighted by molar-refractivity contribution is 4.96. The molecule has 1 aliphatic heterocycles. The quantitative estimate of drug-likeness (QED) is 0.192. The van der Waals surface area contributed by atoms with E-state index < -0.39 is 0 Å². The Balaban J connectivity index is 2.15. The van der Waals surface area contributed by atoms with E-state index in [2.05, 4.69) is 43.0 Å². The molecule has 1 aliphatic rings. The summed E-state index contributed by atoms with van der Waals surface area (Å²) in [5.74, 6) is 0.